The first kappa shape index (κ1) is 19.9. The summed E-state index contributed by atoms with van der Waals surface area (Å²) < 4.78 is 0. The molecule has 0 saturated heterocycles. The predicted octanol–water partition coefficient (Wildman–Crippen LogP) is 6.12. The Morgan fingerprint density at radius 1 is 0.933 bits per heavy atom. The lowest BCUT2D eigenvalue weighted by Gasteiger charge is -2.06. The minimum atomic E-state index is 0.0459. The summed E-state index contributed by atoms with van der Waals surface area (Å²) in [6.07, 6.45) is 2.26. The number of benzene rings is 3. The van der Waals surface area contributed by atoms with Crippen molar-refractivity contribution in [2.75, 3.05) is 5.32 Å². The van der Waals surface area contributed by atoms with E-state index >= 15 is 0 Å². The first-order valence-electron chi connectivity index (χ1n) is 10.4. The van der Waals surface area contributed by atoms with Gasteiger partial charge in [-0.05, 0) is 86.7 Å². The molecule has 0 spiro atoms. The summed E-state index contributed by atoms with van der Waals surface area (Å²) >= 11 is 0. The summed E-state index contributed by atoms with van der Waals surface area (Å²) in [7, 11) is 0. The van der Waals surface area contributed by atoms with Crippen LogP contribution in [0.3, 0.4) is 0 Å². The van der Waals surface area contributed by atoms with Crippen molar-refractivity contribution in [3.05, 3.63) is 82.9 Å². The van der Waals surface area contributed by atoms with Gasteiger partial charge in [0, 0.05) is 17.7 Å². The first-order valence-corrected chi connectivity index (χ1v) is 10.4. The lowest BCUT2D eigenvalue weighted by molar-refractivity contribution is -0.116. The van der Waals surface area contributed by atoms with Gasteiger partial charge in [0.25, 0.3) is 0 Å². The van der Waals surface area contributed by atoms with E-state index in [9.17, 15) is 4.79 Å². The van der Waals surface area contributed by atoms with E-state index in [1.165, 1.54) is 22.3 Å². The molecule has 4 rings (SSSR count). The molecule has 0 atom stereocenters. The van der Waals surface area contributed by atoms with Gasteiger partial charge in [-0.3, -0.25) is 4.79 Å². The van der Waals surface area contributed by atoms with Crippen LogP contribution in [0.1, 0.15) is 35.1 Å². The van der Waals surface area contributed by atoms with E-state index in [4.69, 9.17) is 4.98 Å². The Morgan fingerprint density at radius 3 is 2.37 bits per heavy atom. The number of aromatic amines is 1. The highest BCUT2D eigenvalue weighted by Crippen LogP contribution is 2.24. The van der Waals surface area contributed by atoms with Crippen molar-refractivity contribution in [2.45, 2.75) is 40.0 Å². The molecule has 4 nitrogen and oxygen atoms in total. The van der Waals surface area contributed by atoms with Crippen LogP contribution in [0, 0.1) is 20.8 Å². The molecule has 3 aromatic carbocycles. The Hall–Kier alpha value is -3.40. The van der Waals surface area contributed by atoms with Gasteiger partial charge in [0.05, 0.1) is 11.0 Å². The van der Waals surface area contributed by atoms with E-state index in [0.29, 0.717) is 6.42 Å². The molecule has 2 N–H and O–H groups in total. The molecule has 1 aromatic heterocycles. The molecule has 152 valence electrons. The van der Waals surface area contributed by atoms with Crippen molar-refractivity contribution in [3.63, 3.8) is 0 Å². The van der Waals surface area contributed by atoms with Crippen LogP contribution in [0.2, 0.25) is 0 Å². The van der Waals surface area contributed by atoms with Crippen LogP contribution in [0.25, 0.3) is 22.4 Å². The largest absolute Gasteiger partial charge is 0.338 e. The van der Waals surface area contributed by atoms with E-state index in [0.717, 1.165) is 41.0 Å². The van der Waals surface area contributed by atoms with Gasteiger partial charge in [0.2, 0.25) is 5.91 Å². The number of anilines is 1. The van der Waals surface area contributed by atoms with Crippen LogP contribution in [-0.2, 0) is 11.2 Å². The van der Waals surface area contributed by atoms with Crippen LogP contribution in [0.4, 0.5) is 5.69 Å². The van der Waals surface area contributed by atoms with E-state index in [1.807, 2.05) is 24.3 Å². The van der Waals surface area contributed by atoms with E-state index in [2.05, 4.69) is 67.5 Å². The fourth-order valence-corrected chi connectivity index (χ4v) is 3.55. The average Bonchev–Trinajstić information content (AvgIpc) is 3.13. The van der Waals surface area contributed by atoms with Gasteiger partial charge in [0.1, 0.15) is 5.82 Å². The number of fused-ring (bicyclic) bond motifs is 1. The van der Waals surface area contributed by atoms with Gasteiger partial charge in [-0.25, -0.2) is 4.98 Å². The maximum absolute atomic E-state index is 12.3. The molecule has 4 aromatic rings. The Balaban J connectivity index is 1.35. The number of hydrogen-bond donors (Lipinski definition) is 2. The van der Waals surface area contributed by atoms with Gasteiger partial charge in [-0.1, -0.05) is 29.8 Å². The second kappa shape index (κ2) is 8.54. The molecular weight excluding hydrogens is 370 g/mol. The number of aryl methyl sites for hydroxylation is 4. The van der Waals surface area contributed by atoms with Gasteiger partial charge in [-0.2, -0.15) is 0 Å². The van der Waals surface area contributed by atoms with Crippen LogP contribution >= 0.6 is 0 Å². The number of carbonyl (C=O) groups excluding carboxylic acids is 1. The Labute approximate surface area is 177 Å². The Bertz CT molecular complexity index is 1130. The Morgan fingerprint density at radius 2 is 1.63 bits per heavy atom. The Kier molecular flexibility index (Phi) is 5.66. The number of H-pyrrole nitrogens is 1. The highest BCUT2D eigenvalue weighted by atomic mass is 16.1. The third-order valence-electron chi connectivity index (χ3n) is 5.53. The third kappa shape index (κ3) is 4.60. The normalized spacial score (nSPS) is 11.0. The molecule has 0 aliphatic carbocycles. The summed E-state index contributed by atoms with van der Waals surface area (Å²) in [5.74, 6) is 0.885. The number of nitrogens with zero attached hydrogens (tertiary/aromatic N) is 1. The van der Waals surface area contributed by atoms with Gasteiger partial charge < -0.3 is 10.3 Å². The summed E-state index contributed by atoms with van der Waals surface area (Å²) in [5, 5.41) is 2.99. The zero-order chi connectivity index (χ0) is 21.1. The second-order valence-corrected chi connectivity index (χ2v) is 8.00. The summed E-state index contributed by atoms with van der Waals surface area (Å²) in [4.78, 5) is 20.4. The van der Waals surface area contributed by atoms with Crippen molar-refractivity contribution < 1.29 is 4.79 Å². The quantitative estimate of drug-likeness (QED) is 0.412. The predicted molar refractivity (Wildman–Crippen MR) is 124 cm³/mol. The highest BCUT2D eigenvalue weighted by molar-refractivity contribution is 5.91. The molecule has 0 fully saturated rings. The fourth-order valence-electron chi connectivity index (χ4n) is 3.55. The van der Waals surface area contributed by atoms with Gasteiger partial charge >= 0.3 is 0 Å². The average molecular weight is 398 g/mol. The van der Waals surface area contributed by atoms with Crippen molar-refractivity contribution >= 4 is 22.6 Å². The number of carbonyl (C=O) groups is 1. The number of rotatable bonds is 6. The molecule has 0 saturated carbocycles. The maximum Gasteiger partial charge on any atom is 0.224 e. The minimum Gasteiger partial charge on any atom is -0.338 e. The van der Waals surface area contributed by atoms with E-state index in [1.54, 1.807) is 0 Å². The van der Waals surface area contributed by atoms with Crippen molar-refractivity contribution in [1.29, 1.82) is 0 Å². The molecule has 4 heteroatoms. The third-order valence-corrected chi connectivity index (χ3v) is 5.53. The maximum atomic E-state index is 12.3. The van der Waals surface area contributed by atoms with Crippen molar-refractivity contribution in [3.8, 4) is 11.4 Å². The molecule has 0 aliphatic rings. The van der Waals surface area contributed by atoms with Crippen LogP contribution in [0.5, 0.6) is 0 Å². The minimum absolute atomic E-state index is 0.0459. The molecule has 1 amide bonds. The summed E-state index contributed by atoms with van der Waals surface area (Å²) in [6, 6.07) is 20.6. The van der Waals surface area contributed by atoms with Crippen molar-refractivity contribution in [2.24, 2.45) is 0 Å². The number of aromatic nitrogens is 2. The number of imidazole rings is 1. The zero-order valence-electron chi connectivity index (χ0n) is 17.8. The number of hydrogen-bond acceptors (Lipinski definition) is 2. The zero-order valence-corrected chi connectivity index (χ0v) is 17.8. The summed E-state index contributed by atoms with van der Waals surface area (Å²) in [6.45, 7) is 6.29. The number of nitrogens with one attached hydrogen (secondary N) is 2. The first-order chi connectivity index (χ1) is 14.5. The van der Waals surface area contributed by atoms with Crippen molar-refractivity contribution in [1.82, 2.24) is 9.97 Å². The number of amides is 1. The van der Waals surface area contributed by atoms with Crippen LogP contribution in [-0.4, -0.2) is 15.9 Å². The molecular formula is C26H27N3O. The molecule has 0 aliphatic heterocycles. The van der Waals surface area contributed by atoms with Gasteiger partial charge in [-0.15, -0.1) is 0 Å². The summed E-state index contributed by atoms with van der Waals surface area (Å²) in [5.41, 5.74) is 8.83. The van der Waals surface area contributed by atoms with E-state index < -0.39 is 0 Å². The van der Waals surface area contributed by atoms with Crippen LogP contribution < -0.4 is 5.32 Å². The molecule has 1 heterocycles. The smallest absolute Gasteiger partial charge is 0.224 e. The fraction of sp³-hybridized carbons (Fsp3) is 0.231. The monoisotopic (exact) mass is 397 g/mol. The standard InChI is InChI=1S/C26H27N3O/c1-17-7-9-20(10-8-17)5-4-6-25(30)27-22-13-11-21(12-14-22)26-28-23-15-18(2)19(3)16-24(23)29-26/h7-16H,4-6H2,1-3H3,(H,27,30)(H,28,29). The lowest BCUT2D eigenvalue weighted by atomic mass is 10.1. The van der Waals surface area contributed by atoms with E-state index in [-0.39, 0.29) is 5.91 Å². The van der Waals surface area contributed by atoms with Gasteiger partial charge in [0.15, 0.2) is 0 Å². The topological polar surface area (TPSA) is 57.8 Å². The highest BCUT2D eigenvalue weighted by Gasteiger charge is 2.08. The lowest BCUT2D eigenvalue weighted by Crippen LogP contribution is -2.11. The molecule has 0 bridgehead atoms. The molecule has 0 unspecified atom stereocenters. The SMILES string of the molecule is Cc1ccc(CCCC(=O)Nc2ccc(-c3nc4cc(C)c(C)cc4[nH]3)cc2)cc1. The second-order valence-electron chi connectivity index (χ2n) is 8.00. The molecule has 30 heavy (non-hydrogen) atoms. The van der Waals surface area contributed by atoms with Crippen LogP contribution in [0.15, 0.2) is 60.7 Å². The molecule has 0 radical (unpaired) electrons.